The number of hydrogen-bond acceptors (Lipinski definition) is 5. The number of carbonyl (C=O) groups is 1. The molecule has 1 aliphatic carbocycles. The SMILES string of the molecule is CCn1c(=O)n(CCC(=O)NC2(c3noc(C)n3)CCCCC2)c2ccccc21. The van der Waals surface area contributed by atoms with Crippen LogP contribution in [-0.4, -0.2) is 25.2 Å². The third-order valence-corrected chi connectivity index (χ3v) is 5.85. The Hall–Kier alpha value is -2.90. The number of nitrogens with one attached hydrogen (secondary N) is 1. The number of benzene rings is 1. The average Bonchev–Trinajstić information content (AvgIpc) is 3.28. The molecule has 1 amide bonds. The van der Waals surface area contributed by atoms with Crippen molar-refractivity contribution in [3.05, 3.63) is 46.5 Å². The molecule has 8 nitrogen and oxygen atoms in total. The van der Waals surface area contributed by atoms with Crippen LogP contribution in [0.1, 0.15) is 57.2 Å². The van der Waals surface area contributed by atoms with Gasteiger partial charge in [0.1, 0.15) is 5.54 Å². The molecular formula is C21H27N5O3. The van der Waals surface area contributed by atoms with Crippen LogP contribution in [-0.2, 0) is 23.4 Å². The molecular weight excluding hydrogens is 370 g/mol. The van der Waals surface area contributed by atoms with Gasteiger partial charge in [-0.1, -0.05) is 36.6 Å². The quantitative estimate of drug-likeness (QED) is 0.690. The smallest absolute Gasteiger partial charge is 0.329 e. The molecule has 0 saturated heterocycles. The molecule has 2 heterocycles. The van der Waals surface area contributed by atoms with Crippen molar-refractivity contribution in [3.63, 3.8) is 0 Å². The minimum atomic E-state index is -0.574. The average molecular weight is 397 g/mol. The molecule has 154 valence electrons. The van der Waals surface area contributed by atoms with Crippen molar-refractivity contribution in [1.29, 1.82) is 0 Å². The third-order valence-electron chi connectivity index (χ3n) is 5.85. The summed E-state index contributed by atoms with van der Waals surface area (Å²) in [7, 11) is 0. The van der Waals surface area contributed by atoms with Gasteiger partial charge in [0.15, 0.2) is 5.82 Å². The Labute approximate surface area is 168 Å². The predicted octanol–water partition coefficient (Wildman–Crippen LogP) is 2.88. The van der Waals surface area contributed by atoms with Gasteiger partial charge in [0.05, 0.1) is 11.0 Å². The molecule has 4 rings (SSSR count). The number of aryl methyl sites for hydroxylation is 3. The Bertz CT molecular complexity index is 1070. The summed E-state index contributed by atoms with van der Waals surface area (Å²) >= 11 is 0. The van der Waals surface area contributed by atoms with Crippen molar-refractivity contribution in [2.75, 3.05) is 0 Å². The van der Waals surface area contributed by atoms with Crippen LogP contribution < -0.4 is 11.0 Å². The maximum atomic E-state index is 12.9. The lowest BCUT2D eigenvalue weighted by Gasteiger charge is -2.35. The number of nitrogens with zero attached hydrogens (tertiary/aromatic N) is 4. The minimum absolute atomic E-state index is 0.0809. The molecule has 2 aromatic heterocycles. The number of rotatable bonds is 6. The molecule has 0 atom stereocenters. The summed E-state index contributed by atoms with van der Waals surface area (Å²) < 4.78 is 8.59. The first-order chi connectivity index (χ1) is 14.0. The van der Waals surface area contributed by atoms with Crippen LogP contribution in [0.25, 0.3) is 11.0 Å². The minimum Gasteiger partial charge on any atom is -0.343 e. The van der Waals surface area contributed by atoms with E-state index < -0.39 is 5.54 Å². The fourth-order valence-electron chi connectivity index (χ4n) is 4.39. The lowest BCUT2D eigenvalue weighted by molar-refractivity contribution is -0.124. The second-order valence-electron chi connectivity index (χ2n) is 7.75. The Morgan fingerprint density at radius 2 is 1.86 bits per heavy atom. The summed E-state index contributed by atoms with van der Waals surface area (Å²) in [6, 6.07) is 7.69. The lowest BCUT2D eigenvalue weighted by Crippen LogP contribution is -2.48. The van der Waals surface area contributed by atoms with Gasteiger partial charge >= 0.3 is 5.69 Å². The third kappa shape index (κ3) is 3.59. The van der Waals surface area contributed by atoms with Crippen LogP contribution >= 0.6 is 0 Å². The summed E-state index contributed by atoms with van der Waals surface area (Å²) in [6.07, 6.45) is 4.98. The van der Waals surface area contributed by atoms with Gasteiger partial charge in [0.25, 0.3) is 0 Å². The van der Waals surface area contributed by atoms with E-state index in [9.17, 15) is 9.59 Å². The van der Waals surface area contributed by atoms with E-state index in [0.29, 0.717) is 24.8 Å². The molecule has 1 aromatic carbocycles. The molecule has 1 fully saturated rings. The first-order valence-electron chi connectivity index (χ1n) is 10.3. The lowest BCUT2D eigenvalue weighted by atomic mass is 9.81. The molecule has 1 saturated carbocycles. The van der Waals surface area contributed by atoms with Crippen molar-refractivity contribution in [1.82, 2.24) is 24.6 Å². The highest BCUT2D eigenvalue weighted by molar-refractivity contribution is 5.78. The van der Waals surface area contributed by atoms with Gasteiger partial charge in [-0.2, -0.15) is 4.98 Å². The van der Waals surface area contributed by atoms with E-state index in [1.54, 1.807) is 16.1 Å². The normalized spacial score (nSPS) is 16.2. The van der Waals surface area contributed by atoms with Crippen molar-refractivity contribution in [2.45, 2.75) is 71.0 Å². The first kappa shape index (κ1) is 19.4. The topological polar surface area (TPSA) is 95.0 Å². The molecule has 0 radical (unpaired) electrons. The Morgan fingerprint density at radius 1 is 1.17 bits per heavy atom. The summed E-state index contributed by atoms with van der Waals surface area (Å²) in [6.45, 7) is 4.63. The van der Waals surface area contributed by atoms with Crippen molar-refractivity contribution in [3.8, 4) is 0 Å². The van der Waals surface area contributed by atoms with Gasteiger partial charge in [-0.3, -0.25) is 13.9 Å². The van der Waals surface area contributed by atoms with Crippen molar-refractivity contribution >= 4 is 16.9 Å². The summed E-state index contributed by atoms with van der Waals surface area (Å²) in [4.78, 5) is 30.0. The number of aromatic nitrogens is 4. The highest BCUT2D eigenvalue weighted by Gasteiger charge is 2.39. The number of fused-ring (bicyclic) bond motifs is 1. The maximum Gasteiger partial charge on any atom is 0.329 e. The fourth-order valence-corrected chi connectivity index (χ4v) is 4.39. The second-order valence-corrected chi connectivity index (χ2v) is 7.75. The highest BCUT2D eigenvalue weighted by Crippen LogP contribution is 2.35. The van der Waals surface area contributed by atoms with Crippen LogP contribution in [0.15, 0.2) is 33.6 Å². The molecule has 1 aliphatic rings. The number of hydrogen-bond donors (Lipinski definition) is 1. The van der Waals surface area contributed by atoms with Crippen LogP contribution in [0.4, 0.5) is 0 Å². The van der Waals surface area contributed by atoms with Gasteiger partial charge in [-0.15, -0.1) is 0 Å². The number of amides is 1. The Morgan fingerprint density at radius 3 is 2.48 bits per heavy atom. The van der Waals surface area contributed by atoms with Gasteiger partial charge in [0, 0.05) is 26.4 Å². The second kappa shape index (κ2) is 7.85. The fraction of sp³-hybridized carbons (Fsp3) is 0.524. The number of imidazole rings is 1. The van der Waals surface area contributed by atoms with Crippen molar-refractivity contribution in [2.24, 2.45) is 0 Å². The zero-order chi connectivity index (χ0) is 20.4. The number of carbonyl (C=O) groups excluding carboxylic acids is 1. The molecule has 0 unspecified atom stereocenters. The molecule has 0 aliphatic heterocycles. The van der Waals surface area contributed by atoms with E-state index in [1.807, 2.05) is 31.2 Å². The van der Waals surface area contributed by atoms with Gasteiger partial charge in [-0.05, 0) is 31.9 Å². The van der Waals surface area contributed by atoms with Crippen LogP contribution in [0, 0.1) is 6.92 Å². The summed E-state index contributed by atoms with van der Waals surface area (Å²) in [5.41, 5.74) is 1.09. The molecule has 29 heavy (non-hydrogen) atoms. The van der Waals surface area contributed by atoms with E-state index in [4.69, 9.17) is 4.52 Å². The van der Waals surface area contributed by atoms with Crippen LogP contribution in [0.5, 0.6) is 0 Å². The van der Waals surface area contributed by atoms with Gasteiger partial charge < -0.3 is 9.84 Å². The molecule has 1 N–H and O–H groups in total. The highest BCUT2D eigenvalue weighted by atomic mass is 16.5. The molecule has 3 aromatic rings. The van der Waals surface area contributed by atoms with Crippen molar-refractivity contribution < 1.29 is 9.32 Å². The molecule has 8 heteroatoms. The van der Waals surface area contributed by atoms with E-state index in [2.05, 4.69) is 15.5 Å². The van der Waals surface area contributed by atoms with Crippen LogP contribution in [0.3, 0.4) is 0 Å². The predicted molar refractivity (Wildman–Crippen MR) is 108 cm³/mol. The monoisotopic (exact) mass is 397 g/mol. The zero-order valence-electron chi connectivity index (χ0n) is 17.0. The zero-order valence-corrected chi connectivity index (χ0v) is 17.0. The standard InChI is InChI=1S/C21H27N5O3/c1-3-25-16-9-5-6-10-17(16)26(20(25)28)14-11-18(27)23-21(12-7-4-8-13-21)19-22-15(2)29-24-19/h5-6,9-10H,3-4,7-8,11-14H2,1-2H3,(H,23,27). The molecule has 0 spiro atoms. The maximum absolute atomic E-state index is 12.9. The van der Waals surface area contributed by atoms with Gasteiger partial charge in [-0.25, -0.2) is 4.79 Å². The Balaban J connectivity index is 1.53. The van der Waals surface area contributed by atoms with E-state index in [1.165, 1.54) is 0 Å². The summed E-state index contributed by atoms with van der Waals surface area (Å²) in [5.74, 6) is 0.954. The van der Waals surface area contributed by atoms with Gasteiger partial charge in [0.2, 0.25) is 11.8 Å². The van der Waals surface area contributed by atoms with Crippen LogP contribution in [0.2, 0.25) is 0 Å². The summed E-state index contributed by atoms with van der Waals surface area (Å²) in [5, 5.41) is 7.27. The Kier molecular flexibility index (Phi) is 5.25. The molecule has 0 bridgehead atoms. The van der Waals surface area contributed by atoms with E-state index >= 15 is 0 Å². The number of para-hydroxylation sites is 2. The van der Waals surface area contributed by atoms with E-state index in [0.717, 1.165) is 43.1 Å². The first-order valence-corrected chi connectivity index (χ1v) is 10.3. The largest absolute Gasteiger partial charge is 0.343 e. The van der Waals surface area contributed by atoms with E-state index in [-0.39, 0.29) is 18.0 Å².